The number of nitrogens with zero attached hydrogens (tertiary/aromatic N) is 1. The summed E-state index contributed by atoms with van der Waals surface area (Å²) in [6, 6.07) is 0. The summed E-state index contributed by atoms with van der Waals surface area (Å²) in [6.07, 6.45) is 11.7. The molecule has 0 fully saturated rings. The fourth-order valence-corrected chi connectivity index (χ4v) is 1.76. The van der Waals surface area contributed by atoms with Gasteiger partial charge in [-0.2, -0.15) is 0 Å². The van der Waals surface area contributed by atoms with E-state index in [0.29, 0.717) is 5.96 Å². The van der Waals surface area contributed by atoms with E-state index in [1.165, 1.54) is 32.1 Å². The molecule has 0 saturated carbocycles. The molecule has 0 aliphatic carbocycles. The summed E-state index contributed by atoms with van der Waals surface area (Å²) in [5, 5.41) is 2.79. The van der Waals surface area contributed by atoms with Gasteiger partial charge in [-0.3, -0.25) is 0 Å². The lowest BCUT2D eigenvalue weighted by molar-refractivity contribution is 0.469. The van der Waals surface area contributed by atoms with E-state index in [1.807, 2.05) is 6.08 Å². The molecule has 1 aliphatic rings. The van der Waals surface area contributed by atoms with Crippen molar-refractivity contribution in [2.75, 3.05) is 6.54 Å². The molecule has 1 atom stereocenters. The van der Waals surface area contributed by atoms with E-state index in [2.05, 4.69) is 24.2 Å². The Morgan fingerprint density at radius 3 is 2.26 bits per heavy atom. The van der Waals surface area contributed by atoms with Crippen molar-refractivity contribution in [1.29, 1.82) is 0 Å². The fraction of sp³-hybridized carbons (Fsp3) is 0.786. The van der Waals surface area contributed by atoms with Crippen LogP contribution in [0, 0.1) is 0 Å². The molecule has 0 saturated heterocycles. The molecular weight excluding hydrogens is 238 g/mol. The third-order valence-electron chi connectivity index (χ3n) is 2.92. The topological polar surface area (TPSA) is 102 Å². The summed E-state index contributed by atoms with van der Waals surface area (Å²) in [4.78, 5) is 4.16. The molecule has 5 nitrogen and oxygen atoms in total. The molecule has 5 heteroatoms. The maximum atomic E-state index is 6.00. The van der Waals surface area contributed by atoms with Gasteiger partial charge < -0.3 is 22.5 Å². The lowest BCUT2D eigenvalue weighted by atomic mass is 10.0. The smallest absolute Gasteiger partial charge is 0.194 e. The summed E-state index contributed by atoms with van der Waals surface area (Å²) >= 11 is 0. The summed E-state index contributed by atoms with van der Waals surface area (Å²) in [5.74, 6) is 0.404. The van der Waals surface area contributed by atoms with Crippen molar-refractivity contribution >= 4 is 5.96 Å². The molecule has 0 amide bonds. The van der Waals surface area contributed by atoms with Crippen LogP contribution >= 0.6 is 0 Å². The molecule has 1 heterocycles. The number of unbranched alkanes of at least 4 members (excludes halogenated alkanes) is 4. The first-order chi connectivity index (χ1) is 9.08. The predicted octanol–water partition coefficient (Wildman–Crippen LogP) is 1.79. The van der Waals surface area contributed by atoms with Crippen LogP contribution in [0.25, 0.3) is 0 Å². The Balaban J connectivity index is 0.000000459. The van der Waals surface area contributed by atoms with E-state index >= 15 is 0 Å². The van der Waals surface area contributed by atoms with Crippen molar-refractivity contribution in [3.63, 3.8) is 0 Å². The van der Waals surface area contributed by atoms with Crippen LogP contribution in [0.5, 0.6) is 0 Å². The van der Waals surface area contributed by atoms with E-state index in [0.717, 1.165) is 19.4 Å². The van der Waals surface area contributed by atoms with E-state index < -0.39 is 5.66 Å². The fourth-order valence-electron chi connectivity index (χ4n) is 1.76. The van der Waals surface area contributed by atoms with Gasteiger partial charge in [0, 0.05) is 6.20 Å². The highest BCUT2D eigenvalue weighted by molar-refractivity contribution is 5.80. The maximum Gasteiger partial charge on any atom is 0.194 e. The minimum atomic E-state index is -0.579. The van der Waals surface area contributed by atoms with Crippen LogP contribution in [-0.4, -0.2) is 18.2 Å². The molecule has 1 rings (SSSR count). The highest BCUT2D eigenvalue weighted by Gasteiger charge is 2.22. The molecule has 1 unspecified atom stereocenters. The quantitative estimate of drug-likeness (QED) is 0.529. The number of nitrogens with one attached hydrogen (secondary N) is 1. The molecule has 0 aromatic rings. The lowest BCUT2D eigenvalue weighted by Gasteiger charge is -2.24. The Labute approximate surface area is 117 Å². The molecule has 0 aromatic heterocycles. The van der Waals surface area contributed by atoms with Crippen LogP contribution in [0.3, 0.4) is 0 Å². The Morgan fingerprint density at radius 1 is 1.16 bits per heavy atom. The third-order valence-corrected chi connectivity index (χ3v) is 2.92. The summed E-state index contributed by atoms with van der Waals surface area (Å²) in [5.41, 5.74) is 16.2. The largest absolute Gasteiger partial charge is 0.370 e. The van der Waals surface area contributed by atoms with E-state index in [4.69, 9.17) is 17.2 Å². The van der Waals surface area contributed by atoms with Gasteiger partial charge in [0.1, 0.15) is 5.66 Å². The maximum absolute atomic E-state index is 6.00. The summed E-state index contributed by atoms with van der Waals surface area (Å²) in [7, 11) is 0. The molecule has 112 valence electrons. The average Bonchev–Trinajstić information content (AvgIpc) is 2.37. The molecule has 19 heavy (non-hydrogen) atoms. The Morgan fingerprint density at radius 2 is 1.79 bits per heavy atom. The van der Waals surface area contributed by atoms with Crippen molar-refractivity contribution in [3.8, 4) is 0 Å². The Hall–Kier alpha value is -1.07. The molecular formula is C14H31N5. The first-order valence-electron chi connectivity index (χ1n) is 7.36. The van der Waals surface area contributed by atoms with Gasteiger partial charge in [-0.05, 0) is 31.9 Å². The number of guanidine groups is 1. The molecule has 7 N–H and O–H groups in total. The predicted molar refractivity (Wildman–Crippen MR) is 83.5 cm³/mol. The minimum absolute atomic E-state index is 0.404. The Bertz CT molecular complexity index is 271. The molecule has 0 aromatic carbocycles. The van der Waals surface area contributed by atoms with Crippen LogP contribution in [0.4, 0.5) is 0 Å². The second-order valence-corrected chi connectivity index (χ2v) is 4.92. The first-order valence-corrected chi connectivity index (χ1v) is 7.36. The molecule has 0 radical (unpaired) electrons. The van der Waals surface area contributed by atoms with E-state index in [1.54, 1.807) is 6.20 Å². The zero-order valence-electron chi connectivity index (χ0n) is 12.5. The van der Waals surface area contributed by atoms with Gasteiger partial charge in [0.05, 0.1) is 0 Å². The number of nitrogens with two attached hydrogens (primary N) is 3. The summed E-state index contributed by atoms with van der Waals surface area (Å²) < 4.78 is 0. The van der Waals surface area contributed by atoms with Gasteiger partial charge in [0.25, 0.3) is 0 Å². The first kappa shape index (κ1) is 17.9. The lowest BCUT2D eigenvalue weighted by Crippen LogP contribution is -2.44. The van der Waals surface area contributed by atoms with Crippen LogP contribution in [0.2, 0.25) is 0 Å². The number of hydrogen-bond donors (Lipinski definition) is 4. The van der Waals surface area contributed by atoms with Gasteiger partial charge in [-0.25, -0.2) is 4.99 Å². The highest BCUT2D eigenvalue weighted by atomic mass is 15.2. The highest BCUT2D eigenvalue weighted by Crippen LogP contribution is 2.16. The van der Waals surface area contributed by atoms with Crippen molar-refractivity contribution < 1.29 is 0 Å². The van der Waals surface area contributed by atoms with E-state index in [9.17, 15) is 0 Å². The molecule has 0 bridgehead atoms. The standard InChI is InChI=1S/C9H18N4.C5H13N/c1-2-3-4-5-9(11)6-7-12-8(10)13-9;1-2-3-4-5-6/h6-7H,2-5,11H2,1H3,(H3,10,12,13);2-6H2,1H3. The minimum Gasteiger partial charge on any atom is -0.370 e. The van der Waals surface area contributed by atoms with Crippen LogP contribution in [0.15, 0.2) is 17.3 Å². The van der Waals surface area contributed by atoms with Crippen molar-refractivity contribution in [2.45, 2.75) is 64.5 Å². The Kier molecular flexibility index (Phi) is 10.2. The second kappa shape index (κ2) is 10.8. The average molecular weight is 269 g/mol. The summed E-state index contributed by atoms with van der Waals surface area (Å²) in [6.45, 7) is 5.20. The van der Waals surface area contributed by atoms with Gasteiger partial charge >= 0.3 is 0 Å². The van der Waals surface area contributed by atoms with Crippen LogP contribution in [0.1, 0.15) is 58.8 Å². The number of hydrogen-bond acceptors (Lipinski definition) is 5. The van der Waals surface area contributed by atoms with Gasteiger partial charge in [0.15, 0.2) is 5.96 Å². The van der Waals surface area contributed by atoms with Crippen LogP contribution < -0.4 is 22.5 Å². The van der Waals surface area contributed by atoms with Crippen LogP contribution in [-0.2, 0) is 0 Å². The number of aliphatic imine (C=N–C) groups is 1. The molecule has 1 aliphatic heterocycles. The van der Waals surface area contributed by atoms with Crippen molar-refractivity contribution in [1.82, 2.24) is 5.32 Å². The van der Waals surface area contributed by atoms with Crippen molar-refractivity contribution in [2.24, 2.45) is 22.2 Å². The van der Waals surface area contributed by atoms with Gasteiger partial charge in [-0.15, -0.1) is 0 Å². The van der Waals surface area contributed by atoms with Gasteiger partial charge in [0.2, 0.25) is 0 Å². The zero-order chi connectivity index (χ0) is 14.6. The monoisotopic (exact) mass is 269 g/mol. The van der Waals surface area contributed by atoms with Gasteiger partial charge in [-0.1, -0.05) is 39.5 Å². The zero-order valence-corrected chi connectivity index (χ0v) is 12.5. The molecule has 0 spiro atoms. The third kappa shape index (κ3) is 9.50. The SMILES string of the molecule is CCCCCC1(N)C=CNC(N)=N1.CCCCCN. The van der Waals surface area contributed by atoms with E-state index in [-0.39, 0.29) is 0 Å². The normalized spacial score (nSPS) is 21.2. The van der Waals surface area contributed by atoms with Crippen molar-refractivity contribution in [3.05, 3.63) is 12.3 Å². The number of rotatable bonds is 7. The second-order valence-electron chi connectivity index (χ2n) is 4.92.